The molecule has 1 unspecified atom stereocenters. The molecule has 91 heavy (non-hydrogen) atoms. The van der Waals surface area contributed by atoms with Crippen LogP contribution < -0.4 is 45.1 Å². The number of thioether (sulfide) groups is 1. The molecule has 0 aliphatic rings. The van der Waals surface area contributed by atoms with Gasteiger partial charge in [-0.15, -0.1) is 0 Å². The number of aliphatic carboxylic acids is 2. The molecular weight excluding hydrogens is 1150 g/mol. The maximum absolute atomic E-state index is 12.8. The van der Waals surface area contributed by atoms with E-state index in [1.165, 1.54) is 377 Å². The molecule has 0 bridgehead atoms. The Morgan fingerprint density at radius 3 is 0.780 bits per heavy atom. The second-order valence-corrected chi connectivity index (χ2v) is 29.6. The molecule has 0 heterocycles. The maximum Gasteiger partial charge on any atom is 1.00 e. The van der Waals surface area contributed by atoms with E-state index in [1.807, 2.05) is 4.90 Å². The van der Waals surface area contributed by atoms with Gasteiger partial charge in [-0.1, -0.05) is 399 Å². The first-order valence-corrected chi connectivity index (χ1v) is 42.0. The number of amides is 2. The van der Waals surface area contributed by atoms with E-state index in [4.69, 9.17) is 0 Å². The molecule has 0 aromatic rings. The SMILES string of the molecule is CCCCCCCCCCCCSCCCCCCCCCCCCCCCCCCCCCCCCCCCCCCCCCCCCCCCCCCCCCCCCCCC(=O)N(CC)CCCCCCCCCCC(=O)NC(CCC(=O)[O-])C(=O)[O-].[Na+]. The number of rotatable bonds is 79. The van der Waals surface area contributed by atoms with Crippen molar-refractivity contribution in [3.8, 4) is 0 Å². The van der Waals surface area contributed by atoms with Crippen molar-refractivity contribution in [3.63, 3.8) is 0 Å². The molecule has 0 saturated heterocycles. The quantitative estimate of drug-likeness (QED) is 0.0474. The number of hydrogen-bond acceptors (Lipinski definition) is 7. The van der Waals surface area contributed by atoms with Crippen LogP contribution in [-0.4, -0.2) is 59.3 Å². The second kappa shape index (κ2) is 79.9. The van der Waals surface area contributed by atoms with Gasteiger partial charge in [0.05, 0.1) is 12.0 Å². The zero-order valence-corrected chi connectivity index (χ0v) is 64.5. The van der Waals surface area contributed by atoms with Crippen LogP contribution in [0.25, 0.3) is 0 Å². The van der Waals surface area contributed by atoms with Crippen molar-refractivity contribution in [2.45, 2.75) is 469 Å². The standard InChI is InChI=1S/C81H158N2O6S.Na/c1-3-5-6-7-8-9-53-58-63-68-75-90-76-69-64-59-54-49-47-45-43-41-39-37-35-33-31-29-27-25-23-21-19-17-15-13-11-10-12-14-16-18-20-22-24-26-28-30-32-34-36-38-40-42-44-46-48-50-56-61-66-71-79(85)83(4-2)74-67-62-57-52-51-55-60-65-70-78(84)82-77(81(88)89)72-73-80(86)87;/h77H,3-76H2,1-2H3,(H,82,84)(H,86,87)(H,88,89);/q;+1/p-2. The van der Waals surface area contributed by atoms with Crippen LogP contribution in [0.4, 0.5) is 0 Å². The second-order valence-electron chi connectivity index (χ2n) is 28.4. The van der Waals surface area contributed by atoms with E-state index in [0.717, 1.165) is 64.5 Å². The molecule has 0 aromatic heterocycles. The number of carbonyl (C=O) groups excluding carboxylic acids is 4. The molecule has 0 aromatic carbocycles. The number of carbonyl (C=O) groups is 4. The first kappa shape index (κ1) is 92.3. The van der Waals surface area contributed by atoms with Gasteiger partial charge >= 0.3 is 29.6 Å². The van der Waals surface area contributed by atoms with Gasteiger partial charge in [-0.25, -0.2) is 0 Å². The minimum atomic E-state index is -1.48. The number of carboxylic acid groups (broad SMARTS) is 2. The molecule has 0 saturated carbocycles. The molecular formula is C81H156N2NaO6S-. The third kappa shape index (κ3) is 76.5. The molecule has 0 rings (SSSR count). The molecule has 10 heteroatoms. The molecule has 0 aliphatic heterocycles. The van der Waals surface area contributed by atoms with E-state index in [-0.39, 0.29) is 42.4 Å². The minimum absolute atomic E-state index is 0. The summed E-state index contributed by atoms with van der Waals surface area (Å²) in [7, 11) is 0. The van der Waals surface area contributed by atoms with Crippen molar-refractivity contribution in [1.82, 2.24) is 10.2 Å². The summed E-state index contributed by atoms with van der Waals surface area (Å²) < 4.78 is 0. The van der Waals surface area contributed by atoms with Crippen molar-refractivity contribution >= 4 is 35.5 Å². The van der Waals surface area contributed by atoms with E-state index in [9.17, 15) is 29.4 Å². The normalized spacial score (nSPS) is 11.8. The van der Waals surface area contributed by atoms with Gasteiger partial charge in [-0.05, 0) is 63.4 Å². The number of nitrogens with one attached hydrogen (secondary N) is 1. The third-order valence-corrected chi connectivity index (χ3v) is 20.8. The van der Waals surface area contributed by atoms with Gasteiger partial charge in [0.1, 0.15) is 0 Å². The predicted octanol–water partition coefficient (Wildman–Crippen LogP) is 20.9. The third-order valence-electron chi connectivity index (χ3n) is 19.6. The van der Waals surface area contributed by atoms with Crippen LogP contribution in [-0.2, 0) is 19.2 Å². The largest absolute Gasteiger partial charge is 1.00 e. The van der Waals surface area contributed by atoms with Crippen molar-refractivity contribution in [1.29, 1.82) is 0 Å². The first-order chi connectivity index (χ1) is 44.3. The molecule has 534 valence electrons. The monoisotopic (exact) mass is 1310 g/mol. The molecule has 0 radical (unpaired) electrons. The van der Waals surface area contributed by atoms with Crippen LogP contribution in [0.3, 0.4) is 0 Å². The van der Waals surface area contributed by atoms with Crippen LogP contribution >= 0.6 is 11.8 Å². The molecule has 1 atom stereocenters. The van der Waals surface area contributed by atoms with Crippen molar-refractivity contribution in [2.75, 3.05) is 24.6 Å². The average Bonchev–Trinajstić information content (AvgIpc) is 3.68. The Balaban J connectivity index is 0. The van der Waals surface area contributed by atoms with Gasteiger partial charge in [-0.3, -0.25) is 9.59 Å². The van der Waals surface area contributed by atoms with Crippen LogP contribution in [0.5, 0.6) is 0 Å². The minimum Gasteiger partial charge on any atom is -0.550 e. The fourth-order valence-corrected chi connectivity index (χ4v) is 14.5. The first-order valence-electron chi connectivity index (χ1n) is 40.9. The molecule has 0 fully saturated rings. The summed E-state index contributed by atoms with van der Waals surface area (Å²) >= 11 is 2.22. The van der Waals surface area contributed by atoms with Crippen LogP contribution in [0, 0.1) is 0 Å². The Morgan fingerprint density at radius 2 is 0.538 bits per heavy atom. The Kier molecular flexibility index (Phi) is 81.0. The summed E-state index contributed by atoms with van der Waals surface area (Å²) in [5.74, 6) is -0.101. The molecule has 8 nitrogen and oxygen atoms in total. The predicted molar refractivity (Wildman–Crippen MR) is 390 cm³/mol. The zero-order valence-electron chi connectivity index (χ0n) is 61.7. The summed E-state index contributed by atoms with van der Waals surface area (Å²) in [6.07, 6.45) is 91.8. The number of unbranched alkanes of at least 4 members (excludes halogenated alkanes) is 63. The molecule has 0 aliphatic carbocycles. The van der Waals surface area contributed by atoms with Gasteiger partial charge in [0.25, 0.3) is 0 Å². The van der Waals surface area contributed by atoms with Crippen LogP contribution in [0.1, 0.15) is 463 Å². The van der Waals surface area contributed by atoms with Crippen molar-refractivity contribution in [2.24, 2.45) is 0 Å². The summed E-state index contributed by atoms with van der Waals surface area (Å²) in [5, 5.41) is 24.1. The van der Waals surface area contributed by atoms with E-state index in [1.54, 1.807) is 0 Å². The topological polar surface area (TPSA) is 130 Å². The van der Waals surface area contributed by atoms with Crippen molar-refractivity contribution < 1.29 is 58.9 Å². The van der Waals surface area contributed by atoms with Gasteiger partial charge < -0.3 is 30.0 Å². The molecule has 1 N–H and O–H groups in total. The van der Waals surface area contributed by atoms with E-state index >= 15 is 0 Å². The number of hydrogen-bond donors (Lipinski definition) is 1. The molecule has 2 amide bonds. The van der Waals surface area contributed by atoms with Crippen LogP contribution in [0.15, 0.2) is 0 Å². The Morgan fingerprint density at radius 1 is 0.308 bits per heavy atom. The molecule has 0 spiro atoms. The average molecular weight is 1310 g/mol. The van der Waals surface area contributed by atoms with Gasteiger partial charge in [0, 0.05) is 31.9 Å². The maximum atomic E-state index is 12.8. The van der Waals surface area contributed by atoms with Gasteiger partial charge in [-0.2, -0.15) is 11.8 Å². The summed E-state index contributed by atoms with van der Waals surface area (Å²) in [6.45, 7) is 6.02. The fraction of sp³-hybridized carbons (Fsp3) is 0.951. The van der Waals surface area contributed by atoms with E-state index < -0.39 is 30.3 Å². The summed E-state index contributed by atoms with van der Waals surface area (Å²) in [6, 6.07) is -1.30. The Labute approximate surface area is 594 Å². The van der Waals surface area contributed by atoms with E-state index in [0.29, 0.717) is 18.7 Å². The van der Waals surface area contributed by atoms with Crippen LogP contribution in [0.2, 0.25) is 0 Å². The van der Waals surface area contributed by atoms with Gasteiger partial charge in [0.15, 0.2) is 0 Å². The summed E-state index contributed by atoms with van der Waals surface area (Å²) in [4.78, 5) is 48.6. The van der Waals surface area contributed by atoms with Gasteiger partial charge in [0.2, 0.25) is 11.8 Å². The zero-order chi connectivity index (χ0) is 65.2. The number of carboxylic acids is 2. The van der Waals surface area contributed by atoms with E-state index in [2.05, 4.69) is 30.9 Å². The van der Waals surface area contributed by atoms with Crippen molar-refractivity contribution in [3.05, 3.63) is 0 Å². The smallest absolute Gasteiger partial charge is 0.550 e. The fourth-order valence-electron chi connectivity index (χ4n) is 13.4. The number of nitrogens with zero attached hydrogens (tertiary/aromatic N) is 1. The Bertz CT molecular complexity index is 1470. The Hall–Kier alpha value is -0.770. The summed E-state index contributed by atoms with van der Waals surface area (Å²) in [5.41, 5.74) is 0.